The van der Waals surface area contributed by atoms with Crippen molar-refractivity contribution < 1.29 is 8.42 Å². The number of anilines is 1. The lowest BCUT2D eigenvalue weighted by Crippen LogP contribution is -2.13. The lowest BCUT2D eigenvalue weighted by atomic mass is 10.2. The van der Waals surface area contributed by atoms with Crippen LogP contribution in [0.15, 0.2) is 81.9 Å². The number of aryl methyl sites for hydroxylation is 3. The highest BCUT2D eigenvalue weighted by Gasteiger charge is 2.16. The van der Waals surface area contributed by atoms with Gasteiger partial charge in [0.05, 0.1) is 16.3 Å². The normalized spacial score (nSPS) is 11.7. The molecule has 6 heteroatoms. The summed E-state index contributed by atoms with van der Waals surface area (Å²) in [4.78, 5) is 0.204. The number of nitrogens with zero attached hydrogens (tertiary/aromatic N) is 2. The second-order valence-electron chi connectivity index (χ2n) is 6.48. The molecule has 0 unspecified atom stereocenters. The molecular formula is C21H21N3O2S. The summed E-state index contributed by atoms with van der Waals surface area (Å²) in [5, 5.41) is 8.51. The highest BCUT2D eigenvalue weighted by molar-refractivity contribution is 7.92. The zero-order valence-electron chi connectivity index (χ0n) is 15.5. The van der Waals surface area contributed by atoms with Crippen molar-refractivity contribution in [3.8, 4) is 0 Å². The maximum absolute atomic E-state index is 12.7. The fourth-order valence-electron chi connectivity index (χ4n) is 2.53. The maximum atomic E-state index is 12.7. The van der Waals surface area contributed by atoms with Gasteiger partial charge in [0.1, 0.15) is 5.69 Å². The Morgan fingerprint density at radius 2 is 1.41 bits per heavy atom. The van der Waals surface area contributed by atoms with E-state index >= 15 is 0 Å². The molecule has 0 saturated carbocycles. The fourth-order valence-corrected chi connectivity index (χ4v) is 3.61. The minimum Gasteiger partial charge on any atom is -0.277 e. The van der Waals surface area contributed by atoms with Gasteiger partial charge in [-0.3, -0.25) is 4.72 Å². The van der Waals surface area contributed by atoms with Crippen LogP contribution in [0.5, 0.6) is 0 Å². The van der Waals surface area contributed by atoms with Crippen molar-refractivity contribution in [2.24, 2.45) is 10.2 Å². The summed E-state index contributed by atoms with van der Waals surface area (Å²) < 4.78 is 28.0. The van der Waals surface area contributed by atoms with Crippen molar-refractivity contribution in [2.45, 2.75) is 25.7 Å². The minimum atomic E-state index is -3.71. The van der Waals surface area contributed by atoms with Crippen molar-refractivity contribution in [3.05, 3.63) is 83.4 Å². The van der Waals surface area contributed by atoms with Crippen LogP contribution in [0.3, 0.4) is 0 Å². The largest absolute Gasteiger partial charge is 0.277 e. The molecule has 0 aliphatic carbocycles. The van der Waals surface area contributed by atoms with E-state index in [1.165, 1.54) is 0 Å². The van der Waals surface area contributed by atoms with Gasteiger partial charge in [-0.05, 0) is 68.3 Å². The Kier molecular flexibility index (Phi) is 5.37. The zero-order chi connectivity index (χ0) is 19.4. The summed E-state index contributed by atoms with van der Waals surface area (Å²) in [6.07, 6.45) is 0. The molecule has 0 aliphatic rings. The van der Waals surface area contributed by atoms with E-state index in [0.29, 0.717) is 17.1 Å². The minimum absolute atomic E-state index is 0.204. The van der Waals surface area contributed by atoms with Crippen LogP contribution < -0.4 is 4.72 Å². The number of nitrogens with one attached hydrogen (secondary N) is 1. The van der Waals surface area contributed by atoms with Crippen LogP contribution in [0.25, 0.3) is 0 Å². The van der Waals surface area contributed by atoms with Crippen LogP contribution in [-0.4, -0.2) is 8.42 Å². The first-order valence-electron chi connectivity index (χ1n) is 8.52. The van der Waals surface area contributed by atoms with Gasteiger partial charge >= 0.3 is 0 Å². The van der Waals surface area contributed by atoms with Gasteiger partial charge in [-0.1, -0.05) is 35.9 Å². The van der Waals surface area contributed by atoms with Crippen LogP contribution in [0.4, 0.5) is 17.1 Å². The molecule has 0 atom stereocenters. The van der Waals surface area contributed by atoms with Gasteiger partial charge in [0.15, 0.2) is 0 Å². The molecule has 3 aromatic carbocycles. The predicted octanol–water partition coefficient (Wildman–Crippen LogP) is 5.83. The Labute approximate surface area is 159 Å². The van der Waals surface area contributed by atoms with Crippen molar-refractivity contribution >= 4 is 27.1 Å². The summed E-state index contributed by atoms with van der Waals surface area (Å²) in [6, 6.07) is 19.7. The number of rotatable bonds is 5. The van der Waals surface area contributed by atoms with Crippen molar-refractivity contribution in [3.63, 3.8) is 0 Å². The molecule has 5 nitrogen and oxygen atoms in total. The highest BCUT2D eigenvalue weighted by Crippen LogP contribution is 2.30. The maximum Gasteiger partial charge on any atom is 0.261 e. The standard InChI is InChI=1S/C21H21N3O2S/c1-15-7-10-19(11-8-15)27(25,26)24-20-12-9-17(3)14-21(20)23-22-18-6-4-5-16(2)13-18/h4-14,24H,1-3H3. The smallest absolute Gasteiger partial charge is 0.261 e. The van der Waals surface area contributed by atoms with Gasteiger partial charge in [0, 0.05) is 0 Å². The van der Waals surface area contributed by atoms with E-state index in [-0.39, 0.29) is 4.90 Å². The lowest BCUT2D eigenvalue weighted by Gasteiger charge is -2.11. The third kappa shape index (κ3) is 4.80. The van der Waals surface area contributed by atoms with E-state index in [2.05, 4.69) is 15.0 Å². The third-order valence-corrected chi connectivity index (χ3v) is 5.39. The molecule has 3 aromatic rings. The average molecular weight is 379 g/mol. The third-order valence-electron chi connectivity index (χ3n) is 4.00. The molecule has 138 valence electrons. The number of hydrogen-bond donors (Lipinski definition) is 1. The lowest BCUT2D eigenvalue weighted by molar-refractivity contribution is 0.601. The summed E-state index contributed by atoms with van der Waals surface area (Å²) in [5.41, 5.74) is 4.60. The molecule has 3 rings (SSSR count). The molecule has 0 radical (unpaired) electrons. The van der Waals surface area contributed by atoms with Crippen molar-refractivity contribution in [2.75, 3.05) is 4.72 Å². The molecule has 1 N–H and O–H groups in total. The average Bonchev–Trinajstić information content (AvgIpc) is 2.62. The highest BCUT2D eigenvalue weighted by atomic mass is 32.2. The van der Waals surface area contributed by atoms with E-state index in [1.54, 1.807) is 36.4 Å². The SMILES string of the molecule is Cc1ccc(S(=O)(=O)Nc2ccc(C)cc2N=Nc2cccc(C)c2)cc1. The van der Waals surface area contributed by atoms with E-state index in [9.17, 15) is 8.42 Å². The van der Waals surface area contributed by atoms with Gasteiger partial charge in [0.25, 0.3) is 10.0 Å². The predicted molar refractivity (Wildman–Crippen MR) is 109 cm³/mol. The summed E-state index contributed by atoms with van der Waals surface area (Å²) >= 11 is 0. The summed E-state index contributed by atoms with van der Waals surface area (Å²) in [6.45, 7) is 5.81. The molecule has 0 aromatic heterocycles. The second kappa shape index (κ2) is 7.72. The molecule has 0 fully saturated rings. The number of sulfonamides is 1. The Balaban J connectivity index is 1.93. The Morgan fingerprint density at radius 3 is 2.11 bits per heavy atom. The van der Waals surface area contributed by atoms with Gasteiger partial charge in [0.2, 0.25) is 0 Å². The monoisotopic (exact) mass is 379 g/mol. The van der Waals surface area contributed by atoms with Gasteiger partial charge in [-0.2, -0.15) is 5.11 Å². The molecular weight excluding hydrogens is 358 g/mol. The van der Waals surface area contributed by atoms with Crippen LogP contribution in [-0.2, 0) is 10.0 Å². The van der Waals surface area contributed by atoms with Gasteiger partial charge in [-0.15, -0.1) is 5.11 Å². The van der Waals surface area contributed by atoms with Crippen molar-refractivity contribution in [1.29, 1.82) is 0 Å². The first-order valence-corrected chi connectivity index (χ1v) is 10.0. The number of azo groups is 1. The zero-order valence-corrected chi connectivity index (χ0v) is 16.3. The fraction of sp³-hybridized carbons (Fsp3) is 0.143. The van der Waals surface area contributed by atoms with Crippen LogP contribution in [0.2, 0.25) is 0 Å². The van der Waals surface area contributed by atoms with Gasteiger partial charge < -0.3 is 0 Å². The molecule has 27 heavy (non-hydrogen) atoms. The quantitative estimate of drug-likeness (QED) is 0.567. The topological polar surface area (TPSA) is 70.9 Å². The van der Waals surface area contributed by atoms with Gasteiger partial charge in [-0.25, -0.2) is 8.42 Å². The molecule has 0 amide bonds. The molecule has 0 heterocycles. The van der Waals surface area contributed by atoms with Crippen LogP contribution in [0.1, 0.15) is 16.7 Å². The number of benzene rings is 3. The first-order chi connectivity index (χ1) is 12.8. The van der Waals surface area contributed by atoms with E-state index in [4.69, 9.17) is 0 Å². The molecule has 0 saturated heterocycles. The van der Waals surface area contributed by atoms with Crippen LogP contribution >= 0.6 is 0 Å². The molecule has 0 aliphatic heterocycles. The molecule has 0 bridgehead atoms. The van der Waals surface area contributed by atoms with Crippen molar-refractivity contribution in [1.82, 2.24) is 0 Å². The second-order valence-corrected chi connectivity index (χ2v) is 8.16. The molecule has 0 spiro atoms. The van der Waals surface area contributed by atoms with Crippen LogP contribution in [0, 0.1) is 20.8 Å². The number of hydrogen-bond acceptors (Lipinski definition) is 4. The summed E-state index contributed by atoms with van der Waals surface area (Å²) in [5.74, 6) is 0. The summed E-state index contributed by atoms with van der Waals surface area (Å²) in [7, 11) is -3.71. The Morgan fingerprint density at radius 1 is 0.741 bits per heavy atom. The van der Waals surface area contributed by atoms with E-state index in [0.717, 1.165) is 16.7 Å². The Bertz CT molecular complexity index is 1090. The van der Waals surface area contributed by atoms with E-state index < -0.39 is 10.0 Å². The Hall–Kier alpha value is -2.99. The first kappa shape index (κ1) is 18.8. The van der Waals surface area contributed by atoms with E-state index in [1.807, 2.05) is 51.1 Å².